The number of carbonyl (C=O) groups is 4. The topological polar surface area (TPSA) is 122 Å². The van der Waals surface area contributed by atoms with Crippen molar-refractivity contribution in [3.8, 4) is 22.1 Å². The second kappa shape index (κ2) is 14.4. The fourth-order valence-corrected chi connectivity index (χ4v) is 11.9. The Morgan fingerprint density at radius 3 is 2.43 bits per heavy atom. The van der Waals surface area contributed by atoms with Gasteiger partial charge < -0.3 is 9.84 Å². The highest BCUT2D eigenvalue weighted by Crippen LogP contribution is 2.64. The molecule has 2 aromatic heterocycles. The Kier molecular flexibility index (Phi) is 9.32. The van der Waals surface area contributed by atoms with Gasteiger partial charge in [0.05, 0.1) is 33.7 Å². The first-order valence-corrected chi connectivity index (χ1v) is 21.8. The van der Waals surface area contributed by atoms with Crippen LogP contribution in [-0.2, 0) is 32.8 Å². The summed E-state index contributed by atoms with van der Waals surface area (Å²) in [6.45, 7) is 5.93. The van der Waals surface area contributed by atoms with Gasteiger partial charge in [-0.05, 0) is 98.0 Å². The van der Waals surface area contributed by atoms with Crippen LogP contribution in [0.1, 0.15) is 47.9 Å². The Labute approximate surface area is 365 Å². The molecule has 61 heavy (non-hydrogen) atoms. The molecule has 2 saturated heterocycles. The summed E-state index contributed by atoms with van der Waals surface area (Å²) in [5, 5.41) is 18.8. The summed E-state index contributed by atoms with van der Waals surface area (Å²) >= 11 is 14.4. The number of carbonyl (C=O) groups excluding carboxylic acids is 4. The minimum atomic E-state index is -1.39. The van der Waals surface area contributed by atoms with Crippen molar-refractivity contribution in [3.05, 3.63) is 135 Å². The van der Waals surface area contributed by atoms with Crippen LogP contribution in [0.15, 0.2) is 103 Å². The number of allylic oxidation sites excluding steroid dienone is 2. The molecule has 4 amide bonds. The predicted molar refractivity (Wildman–Crippen MR) is 236 cm³/mol. The number of halogens is 2. The third kappa shape index (κ3) is 5.99. The van der Waals surface area contributed by atoms with Gasteiger partial charge in [-0.15, -0.1) is 11.3 Å². The molecule has 6 unspecified atom stereocenters. The van der Waals surface area contributed by atoms with Gasteiger partial charge in [-0.25, -0.2) is 9.80 Å². The average molecular weight is 872 g/mol. The molecule has 10 rings (SSSR count). The molecule has 308 valence electrons. The van der Waals surface area contributed by atoms with E-state index in [-0.39, 0.29) is 37.0 Å². The minimum absolute atomic E-state index is 0.106. The first kappa shape index (κ1) is 39.4. The van der Waals surface area contributed by atoms with Gasteiger partial charge >= 0.3 is 0 Å². The minimum Gasteiger partial charge on any atom is -0.508 e. The van der Waals surface area contributed by atoms with E-state index in [1.54, 1.807) is 66.4 Å². The highest BCUT2D eigenvalue weighted by Gasteiger charge is 2.68. The fourth-order valence-electron chi connectivity index (χ4n) is 10.4. The number of fused-ring (bicyclic) bond motifs is 5. The maximum Gasteiger partial charge on any atom is 0.242 e. The number of thiophene rings is 1. The molecule has 0 bridgehead atoms. The molecular formula is C48H40Cl2N4O6S. The van der Waals surface area contributed by atoms with Crippen LogP contribution < -0.4 is 14.5 Å². The monoisotopic (exact) mass is 870 g/mol. The average Bonchev–Trinajstić information content (AvgIpc) is 3.92. The third-order valence-electron chi connectivity index (χ3n) is 13.5. The van der Waals surface area contributed by atoms with Crippen LogP contribution in [0.25, 0.3) is 20.7 Å². The summed E-state index contributed by atoms with van der Waals surface area (Å²) in [6, 6.07) is 27.3. The Morgan fingerprint density at radius 1 is 0.885 bits per heavy atom. The van der Waals surface area contributed by atoms with E-state index >= 15 is 9.59 Å². The lowest BCUT2D eigenvalue weighted by Gasteiger charge is -2.49. The number of ether oxygens (including phenoxy) is 1. The second-order valence-electron chi connectivity index (χ2n) is 16.8. The van der Waals surface area contributed by atoms with E-state index in [1.807, 2.05) is 68.5 Å². The van der Waals surface area contributed by atoms with E-state index in [4.69, 9.17) is 33.0 Å². The molecule has 10 nitrogen and oxygen atoms in total. The number of nitrogens with zero attached hydrogens (tertiary/aromatic N) is 4. The molecule has 1 saturated carbocycles. The van der Waals surface area contributed by atoms with E-state index in [0.717, 1.165) is 37.2 Å². The van der Waals surface area contributed by atoms with Crippen LogP contribution in [0.4, 0.5) is 11.5 Å². The van der Waals surface area contributed by atoms with E-state index in [9.17, 15) is 14.7 Å². The normalized spacial score (nSPS) is 24.6. The molecule has 13 heteroatoms. The van der Waals surface area contributed by atoms with Crippen LogP contribution in [0.2, 0.25) is 10.0 Å². The van der Waals surface area contributed by atoms with Crippen molar-refractivity contribution in [1.29, 1.82) is 0 Å². The largest absolute Gasteiger partial charge is 0.508 e. The van der Waals surface area contributed by atoms with Crippen LogP contribution in [0.5, 0.6) is 11.5 Å². The summed E-state index contributed by atoms with van der Waals surface area (Å²) in [5.74, 6) is -4.68. The quantitative estimate of drug-likeness (QED) is 0.125. The fraction of sp³-hybridized carbons (Fsp3) is 0.271. The molecule has 0 spiro atoms. The number of hydrogen-bond acceptors (Lipinski definition) is 8. The molecule has 3 fully saturated rings. The van der Waals surface area contributed by atoms with Crippen molar-refractivity contribution in [3.63, 3.8) is 0 Å². The first-order valence-electron chi connectivity index (χ1n) is 20.2. The smallest absolute Gasteiger partial charge is 0.242 e. The SMILES string of the molecule is Cc1ccc(N2C(=O)C3CC=C4C(CC5C(=O)N(c6cc(-c7sc8ccc(Cl)cc8c7C)nn6C)C(=O)C5(C)C4c4ccc(OCc5ccccc5)cc4O)C3C2=O)cc1Cl. The lowest BCUT2D eigenvalue weighted by atomic mass is 9.51. The number of phenols is 1. The standard InChI is InChI=1S/C48H40Cl2N4O6S/c1-24-10-12-28(19-36(24)50)53-44(56)32-16-15-30-34(41(32)46(53)58)21-35-45(57)54(40-22-37(51-52(40)4)43-25(2)33-18-27(49)11-17-39(33)61-43)47(59)48(35,3)42(30)31-14-13-29(20-38(31)55)60-23-26-8-6-5-7-9-26/h5-15,17-20,22,32,34-35,41-42,55H,16,21,23H2,1-4H3. The zero-order valence-corrected chi connectivity index (χ0v) is 36.0. The Morgan fingerprint density at radius 2 is 1.67 bits per heavy atom. The van der Waals surface area contributed by atoms with E-state index in [2.05, 4.69) is 0 Å². The molecule has 4 aromatic carbocycles. The lowest BCUT2D eigenvalue weighted by Crippen LogP contribution is -2.49. The number of anilines is 2. The highest BCUT2D eigenvalue weighted by atomic mass is 35.5. The molecule has 0 radical (unpaired) electrons. The van der Waals surface area contributed by atoms with Crippen molar-refractivity contribution in [2.24, 2.45) is 36.1 Å². The highest BCUT2D eigenvalue weighted by molar-refractivity contribution is 7.22. The van der Waals surface area contributed by atoms with Gasteiger partial charge in [-0.1, -0.05) is 77.3 Å². The van der Waals surface area contributed by atoms with Gasteiger partial charge in [0.15, 0.2) is 0 Å². The number of amides is 4. The van der Waals surface area contributed by atoms with Crippen LogP contribution >= 0.6 is 34.5 Å². The van der Waals surface area contributed by atoms with E-state index in [1.165, 1.54) is 15.9 Å². The zero-order chi connectivity index (χ0) is 42.6. The predicted octanol–water partition coefficient (Wildman–Crippen LogP) is 9.95. The Hall–Kier alpha value is -5.75. The zero-order valence-electron chi connectivity index (χ0n) is 33.7. The lowest BCUT2D eigenvalue weighted by molar-refractivity contribution is -0.131. The Balaban J connectivity index is 1.06. The number of aryl methyl sites for hydroxylation is 3. The van der Waals surface area contributed by atoms with E-state index in [0.29, 0.717) is 38.6 Å². The maximum absolute atomic E-state index is 15.3. The van der Waals surface area contributed by atoms with E-state index < -0.39 is 46.8 Å². The van der Waals surface area contributed by atoms with Gasteiger partial charge in [0.25, 0.3) is 0 Å². The Bertz CT molecular complexity index is 2910. The number of aromatic nitrogens is 2. The van der Waals surface area contributed by atoms with Gasteiger partial charge in [-0.2, -0.15) is 5.10 Å². The van der Waals surface area contributed by atoms with Crippen molar-refractivity contribution >= 4 is 79.8 Å². The van der Waals surface area contributed by atoms with Crippen molar-refractivity contribution in [1.82, 2.24) is 9.78 Å². The molecule has 6 atom stereocenters. The molecule has 2 aliphatic carbocycles. The van der Waals surface area contributed by atoms with Crippen molar-refractivity contribution in [2.45, 2.75) is 46.1 Å². The van der Waals surface area contributed by atoms with Crippen molar-refractivity contribution in [2.75, 3.05) is 9.80 Å². The second-order valence-corrected chi connectivity index (χ2v) is 18.7. The number of imide groups is 2. The van der Waals surface area contributed by atoms with Crippen molar-refractivity contribution < 1.29 is 29.0 Å². The molecule has 4 aliphatic rings. The molecule has 2 aliphatic heterocycles. The maximum atomic E-state index is 15.3. The van der Waals surface area contributed by atoms with Crippen LogP contribution in [-0.4, -0.2) is 38.5 Å². The summed E-state index contributed by atoms with van der Waals surface area (Å²) in [6.07, 6.45) is 2.37. The summed E-state index contributed by atoms with van der Waals surface area (Å²) < 4.78 is 8.66. The number of rotatable bonds is 7. The first-order chi connectivity index (χ1) is 29.3. The number of benzene rings is 4. The molecule has 1 N–H and O–H groups in total. The van der Waals surface area contributed by atoms with Gasteiger partial charge in [0, 0.05) is 45.4 Å². The number of hydrogen-bond donors (Lipinski definition) is 1. The van der Waals surface area contributed by atoms with Crippen LogP contribution in [0.3, 0.4) is 0 Å². The molecular weight excluding hydrogens is 832 g/mol. The number of phenolic OH excluding ortho intramolecular Hbond substituents is 1. The van der Waals surface area contributed by atoms with Gasteiger partial charge in [-0.3, -0.25) is 23.9 Å². The van der Waals surface area contributed by atoms with Gasteiger partial charge in [0.1, 0.15) is 29.6 Å². The summed E-state index contributed by atoms with van der Waals surface area (Å²) in [4.78, 5) is 62.6. The van der Waals surface area contributed by atoms with Crippen LogP contribution in [0, 0.1) is 42.9 Å². The molecule has 4 heterocycles. The third-order valence-corrected chi connectivity index (χ3v) is 15.4. The van der Waals surface area contributed by atoms with Gasteiger partial charge in [0.2, 0.25) is 23.6 Å². The summed E-state index contributed by atoms with van der Waals surface area (Å²) in [7, 11) is 1.71. The summed E-state index contributed by atoms with van der Waals surface area (Å²) in [5.41, 5.74) is 3.56. The molecule has 6 aromatic rings. The number of aromatic hydroxyl groups is 1.